The van der Waals surface area contributed by atoms with Crippen molar-refractivity contribution in [1.29, 1.82) is 0 Å². The van der Waals surface area contributed by atoms with Crippen LogP contribution >= 0.6 is 0 Å². The Morgan fingerprint density at radius 3 is 1.65 bits per heavy atom. The number of carbonyl (C=O) groups excluding carboxylic acids is 3. The van der Waals surface area contributed by atoms with E-state index in [1.54, 1.807) is 4.90 Å². The number of aromatic nitrogens is 6. The van der Waals surface area contributed by atoms with E-state index in [1.807, 2.05) is 63.9 Å². The lowest BCUT2D eigenvalue weighted by atomic mass is 9.82. The molecule has 2 aliphatic heterocycles. The highest BCUT2D eigenvalue weighted by Gasteiger charge is 2.30. The summed E-state index contributed by atoms with van der Waals surface area (Å²) >= 11 is 0. The second-order valence-electron chi connectivity index (χ2n) is 18.8. The third-order valence-electron chi connectivity index (χ3n) is 13.2. The number of hydrogen-bond acceptors (Lipinski definition) is 11. The third-order valence-corrected chi connectivity index (χ3v) is 13.2. The minimum absolute atomic E-state index is 0. The molecule has 2 aromatic heterocycles. The molecule has 2 unspecified atom stereocenters. The van der Waals surface area contributed by atoms with Crippen LogP contribution in [0.1, 0.15) is 147 Å². The van der Waals surface area contributed by atoms with Crippen LogP contribution in [0, 0.1) is 27.7 Å². The molecular weight excluding hydrogens is 857 g/mol. The van der Waals surface area contributed by atoms with E-state index >= 15 is 0 Å². The molecule has 0 saturated heterocycles. The zero-order valence-corrected chi connectivity index (χ0v) is 41.3. The van der Waals surface area contributed by atoms with E-state index < -0.39 is 5.60 Å². The predicted octanol–water partition coefficient (Wildman–Crippen LogP) is 9.88. The summed E-state index contributed by atoms with van der Waals surface area (Å²) in [6.07, 6.45) is 2.05. The SMILES string of the molecule is C.CCOC(=O)CC(c1cc(C)c2c(c1)CN(C(=O)OC(C)(C)C)CC2)c1ccc2c(nnn2CC)c1C.CCOC(=O)CC(c1cc(C)c2c(c1)CNCC2)c1ccc2c(nnn2CC)c1C. The summed E-state index contributed by atoms with van der Waals surface area (Å²) in [5.41, 5.74) is 17.2. The average molecular weight is 929 g/mol. The number of rotatable bonds is 12. The quantitative estimate of drug-likeness (QED) is 0.0921. The molecule has 14 nitrogen and oxygen atoms in total. The number of benzene rings is 4. The van der Waals surface area contributed by atoms with Crippen molar-refractivity contribution in [1.82, 2.24) is 40.2 Å². The molecule has 68 heavy (non-hydrogen) atoms. The first-order valence-electron chi connectivity index (χ1n) is 23.9. The van der Waals surface area contributed by atoms with Gasteiger partial charge in [0, 0.05) is 44.6 Å². The van der Waals surface area contributed by atoms with Gasteiger partial charge in [-0.1, -0.05) is 54.3 Å². The molecule has 14 heteroatoms. The summed E-state index contributed by atoms with van der Waals surface area (Å²) in [6, 6.07) is 17.2. The predicted molar refractivity (Wildman–Crippen MR) is 267 cm³/mol. The number of amides is 1. The monoisotopic (exact) mass is 929 g/mol. The van der Waals surface area contributed by atoms with Crippen molar-refractivity contribution in [2.75, 3.05) is 26.3 Å². The van der Waals surface area contributed by atoms with Crippen LogP contribution in [-0.4, -0.2) is 84.8 Å². The van der Waals surface area contributed by atoms with E-state index in [2.05, 4.69) is 96.1 Å². The van der Waals surface area contributed by atoms with Crippen LogP contribution in [0.25, 0.3) is 22.1 Å². The standard InChI is InChI=1S/C29H38N4O4.C24H30N4O2.CH4/c1-8-33-25-11-10-23(19(4)27(25)30-31-33)24(16-26(34)36-9-2)20-14-18(3)22-12-13-32(17-21(22)15-20)28(35)37-29(5,6)7;1-5-28-22-8-7-20(16(4)24(22)26-27-28)21(13-23(29)30-6-2)17-11-15(3)19-9-10-25-14-18(19)12-17;/h10-11,14-15,24H,8-9,12-13,16-17H2,1-7H3;7-8,11-12,21,25H,5-6,9-10,13-14H2,1-4H3;1H4. The number of esters is 2. The van der Waals surface area contributed by atoms with Crippen LogP contribution in [-0.2, 0) is 62.8 Å². The Morgan fingerprint density at radius 2 is 1.18 bits per heavy atom. The van der Waals surface area contributed by atoms with Crippen molar-refractivity contribution in [2.45, 2.75) is 153 Å². The van der Waals surface area contributed by atoms with E-state index in [0.29, 0.717) is 32.7 Å². The molecule has 8 rings (SSSR count). The zero-order chi connectivity index (χ0) is 48.2. The van der Waals surface area contributed by atoms with Gasteiger partial charge >= 0.3 is 18.0 Å². The lowest BCUT2D eigenvalue weighted by Crippen LogP contribution is -2.40. The number of ether oxygens (including phenoxy) is 3. The van der Waals surface area contributed by atoms with Gasteiger partial charge in [-0.25, -0.2) is 14.2 Å². The molecule has 1 N–H and O–H groups in total. The molecule has 364 valence electrons. The highest BCUT2D eigenvalue weighted by Crippen LogP contribution is 2.38. The van der Waals surface area contributed by atoms with E-state index in [4.69, 9.17) is 14.2 Å². The fourth-order valence-corrected chi connectivity index (χ4v) is 9.88. The van der Waals surface area contributed by atoms with E-state index in [1.165, 1.54) is 27.8 Å². The summed E-state index contributed by atoms with van der Waals surface area (Å²) in [4.78, 5) is 39.8. The van der Waals surface area contributed by atoms with Crippen molar-refractivity contribution < 1.29 is 28.6 Å². The Bertz CT molecular complexity index is 2780. The van der Waals surface area contributed by atoms with Crippen molar-refractivity contribution in [3.05, 3.63) is 115 Å². The van der Waals surface area contributed by atoms with Crippen LogP contribution in [0.4, 0.5) is 4.79 Å². The maximum atomic E-state index is 12.8. The molecule has 0 saturated carbocycles. The third kappa shape index (κ3) is 11.1. The minimum Gasteiger partial charge on any atom is -0.466 e. The topological polar surface area (TPSA) is 156 Å². The Kier molecular flexibility index (Phi) is 16.5. The lowest BCUT2D eigenvalue weighted by molar-refractivity contribution is -0.144. The van der Waals surface area contributed by atoms with Gasteiger partial charge < -0.3 is 24.4 Å². The average Bonchev–Trinajstić information content (AvgIpc) is 3.93. The van der Waals surface area contributed by atoms with Crippen LogP contribution in [0.5, 0.6) is 0 Å². The van der Waals surface area contributed by atoms with Crippen LogP contribution in [0.3, 0.4) is 0 Å². The van der Waals surface area contributed by atoms with Crippen LogP contribution in [0.2, 0.25) is 0 Å². The highest BCUT2D eigenvalue weighted by atomic mass is 16.6. The van der Waals surface area contributed by atoms with Crippen molar-refractivity contribution in [3.63, 3.8) is 0 Å². The molecular formula is C54H72N8O6. The number of nitrogens with zero attached hydrogens (tertiary/aromatic N) is 7. The first-order chi connectivity index (χ1) is 32.0. The second-order valence-corrected chi connectivity index (χ2v) is 18.8. The Balaban J connectivity index is 0.000000225. The maximum absolute atomic E-state index is 12.8. The van der Waals surface area contributed by atoms with E-state index in [-0.39, 0.29) is 43.7 Å². The molecule has 2 atom stereocenters. The molecule has 0 bridgehead atoms. The van der Waals surface area contributed by atoms with E-state index in [9.17, 15) is 14.4 Å². The number of fused-ring (bicyclic) bond motifs is 4. The van der Waals surface area contributed by atoms with Crippen molar-refractivity contribution >= 4 is 40.1 Å². The van der Waals surface area contributed by atoms with Gasteiger partial charge in [0.2, 0.25) is 0 Å². The molecule has 4 aromatic carbocycles. The van der Waals surface area contributed by atoms with Gasteiger partial charge in [0.1, 0.15) is 16.6 Å². The minimum atomic E-state index is -0.546. The maximum Gasteiger partial charge on any atom is 0.410 e. The number of aryl methyl sites for hydroxylation is 6. The molecule has 2 aliphatic rings. The summed E-state index contributed by atoms with van der Waals surface area (Å²) in [5, 5.41) is 20.9. The van der Waals surface area contributed by atoms with Gasteiger partial charge in [-0.15, -0.1) is 10.2 Å². The van der Waals surface area contributed by atoms with Gasteiger partial charge in [0.05, 0.1) is 37.1 Å². The molecule has 6 aromatic rings. The summed E-state index contributed by atoms with van der Waals surface area (Å²) in [5.74, 6) is -0.704. The highest BCUT2D eigenvalue weighted by molar-refractivity contribution is 5.82. The Morgan fingerprint density at radius 1 is 0.691 bits per heavy atom. The normalized spacial score (nSPS) is 14.2. The number of carbonyl (C=O) groups is 3. The van der Waals surface area contributed by atoms with Gasteiger partial charge in [-0.2, -0.15) is 0 Å². The first kappa shape index (κ1) is 51.2. The molecule has 0 fully saturated rings. The van der Waals surface area contributed by atoms with Gasteiger partial charge in [0.15, 0.2) is 0 Å². The molecule has 0 aliphatic carbocycles. The largest absolute Gasteiger partial charge is 0.466 e. The number of nitrogens with one attached hydrogen (secondary N) is 1. The summed E-state index contributed by atoms with van der Waals surface area (Å²) < 4.78 is 20.1. The first-order valence-corrected chi connectivity index (χ1v) is 23.9. The fourth-order valence-electron chi connectivity index (χ4n) is 9.88. The van der Waals surface area contributed by atoms with Crippen molar-refractivity contribution in [2.24, 2.45) is 0 Å². The molecule has 0 spiro atoms. The van der Waals surface area contributed by atoms with Crippen molar-refractivity contribution in [3.8, 4) is 0 Å². The Labute approximate surface area is 402 Å². The number of hydrogen-bond donors (Lipinski definition) is 1. The fraction of sp³-hybridized carbons (Fsp3) is 0.500. The zero-order valence-electron chi connectivity index (χ0n) is 41.3. The Hall–Kier alpha value is -6.15. The van der Waals surface area contributed by atoms with Gasteiger partial charge in [0.25, 0.3) is 0 Å². The summed E-state index contributed by atoms with van der Waals surface area (Å²) in [6.45, 7) is 27.0. The van der Waals surface area contributed by atoms with Crippen LogP contribution in [0.15, 0.2) is 48.5 Å². The summed E-state index contributed by atoms with van der Waals surface area (Å²) in [7, 11) is 0. The smallest absolute Gasteiger partial charge is 0.410 e. The van der Waals surface area contributed by atoms with Crippen LogP contribution < -0.4 is 5.32 Å². The molecule has 1 amide bonds. The van der Waals surface area contributed by atoms with Gasteiger partial charge in [-0.05, 0) is 174 Å². The molecule has 0 radical (unpaired) electrons. The second kappa shape index (κ2) is 21.9. The molecule has 4 heterocycles. The van der Waals surface area contributed by atoms with Gasteiger partial charge in [-0.3, -0.25) is 9.59 Å². The lowest BCUT2D eigenvalue weighted by Gasteiger charge is -2.33. The van der Waals surface area contributed by atoms with E-state index in [0.717, 1.165) is 100 Å².